The van der Waals surface area contributed by atoms with E-state index in [0.29, 0.717) is 5.75 Å². The summed E-state index contributed by atoms with van der Waals surface area (Å²) in [6.45, 7) is -0.686. The van der Waals surface area contributed by atoms with Crippen LogP contribution in [-0.2, 0) is 0 Å². The van der Waals surface area contributed by atoms with Crippen molar-refractivity contribution in [1.82, 2.24) is 0 Å². The Balaban J connectivity index is 2.98. The smallest absolute Gasteiger partial charge is 0.515 e. The molecule has 0 fully saturated rings. The van der Waals surface area contributed by atoms with Gasteiger partial charge < -0.3 is 17.7 Å². The van der Waals surface area contributed by atoms with Gasteiger partial charge in [-0.2, -0.15) is 0 Å². The maximum atomic E-state index is 12.1. The average Bonchev–Trinajstić information content (AvgIpc) is 2.17. The molecule has 0 saturated carbocycles. The molecule has 16 heavy (non-hydrogen) atoms. The average molecular weight is 296 g/mol. The van der Waals surface area contributed by atoms with E-state index in [2.05, 4.69) is 15.9 Å². The Bertz CT molecular complexity index is 404. The molecule has 0 aliphatic carbocycles. The van der Waals surface area contributed by atoms with Crippen molar-refractivity contribution >= 4 is 22.9 Å². The van der Waals surface area contributed by atoms with E-state index in [-0.39, 0.29) is 0 Å². The summed E-state index contributed by atoms with van der Waals surface area (Å²) in [5.41, 5.74) is 2.51. The molecule has 0 amide bonds. The quantitative estimate of drug-likeness (QED) is 0.762. The first-order valence-corrected chi connectivity index (χ1v) is 5.62. The molecule has 1 nitrogen and oxygen atoms in total. The van der Waals surface area contributed by atoms with Crippen molar-refractivity contribution in [2.45, 2.75) is 20.8 Å². The van der Waals surface area contributed by atoms with Crippen molar-refractivity contribution in [3.05, 3.63) is 27.2 Å². The lowest BCUT2D eigenvalue weighted by Gasteiger charge is -2.18. The zero-order valence-corrected chi connectivity index (χ0v) is 10.9. The van der Waals surface area contributed by atoms with Crippen molar-refractivity contribution in [2.75, 3.05) is 6.51 Å². The van der Waals surface area contributed by atoms with E-state index in [4.69, 9.17) is 4.74 Å². The summed E-state index contributed by atoms with van der Waals surface area (Å²) in [4.78, 5) is 0. The number of ether oxygens (including phenoxy) is 1. The highest BCUT2D eigenvalue weighted by Gasteiger charge is 2.24. The van der Waals surface area contributed by atoms with Crippen molar-refractivity contribution in [3.63, 3.8) is 0 Å². The summed E-state index contributed by atoms with van der Waals surface area (Å²) in [6.07, 6.45) is 0. The highest BCUT2D eigenvalue weighted by atomic mass is 79.9. The van der Waals surface area contributed by atoms with Crippen LogP contribution < -0.4 is 4.74 Å². The van der Waals surface area contributed by atoms with Gasteiger partial charge in [0.1, 0.15) is 5.75 Å². The predicted octanol–water partition coefficient (Wildman–Crippen LogP) is 4.14. The zero-order valence-electron chi connectivity index (χ0n) is 9.28. The summed E-state index contributed by atoms with van der Waals surface area (Å²) in [6, 6.07) is 1.62. The van der Waals surface area contributed by atoms with Crippen molar-refractivity contribution in [1.29, 1.82) is 0 Å². The molecule has 0 N–H and O–H groups in total. The minimum Gasteiger partial charge on any atom is -0.521 e. The van der Waals surface area contributed by atoms with Crippen LogP contribution in [0.5, 0.6) is 5.75 Å². The van der Waals surface area contributed by atoms with Crippen LogP contribution in [0.3, 0.4) is 0 Å². The highest BCUT2D eigenvalue weighted by Crippen LogP contribution is 2.31. The van der Waals surface area contributed by atoms with E-state index < -0.39 is 13.5 Å². The Hall–Kier alpha value is -0.645. The Morgan fingerprint density at radius 2 is 1.75 bits per heavy atom. The van der Waals surface area contributed by atoms with Crippen LogP contribution in [0.1, 0.15) is 16.7 Å². The van der Waals surface area contributed by atoms with Gasteiger partial charge in [-0.25, -0.2) is 0 Å². The van der Waals surface area contributed by atoms with Crippen molar-refractivity contribution in [3.8, 4) is 5.75 Å². The van der Waals surface area contributed by atoms with E-state index in [0.717, 1.165) is 21.2 Å². The van der Waals surface area contributed by atoms with Gasteiger partial charge in [-0.05, 0) is 43.5 Å². The number of hydrogen-bond acceptors (Lipinski definition) is 1. The normalized spacial score (nSPS) is 11.7. The number of aryl methyl sites for hydroxylation is 1. The number of benzene rings is 1. The van der Waals surface area contributed by atoms with Crippen LogP contribution in [0.2, 0.25) is 0 Å². The second-order valence-electron chi connectivity index (χ2n) is 3.78. The van der Waals surface area contributed by atoms with Gasteiger partial charge in [-0.3, -0.25) is 0 Å². The highest BCUT2D eigenvalue weighted by molar-refractivity contribution is 9.10. The fourth-order valence-corrected chi connectivity index (χ4v) is 1.76. The predicted molar refractivity (Wildman–Crippen MR) is 62.9 cm³/mol. The SMILES string of the molecule is Cc1cc(OC[B-](F)(F)F)c(C)c(C)c1Br. The molecule has 0 atom stereocenters. The molecule has 0 aliphatic rings. The fourth-order valence-electron chi connectivity index (χ4n) is 1.35. The largest absolute Gasteiger partial charge is 0.521 e. The van der Waals surface area contributed by atoms with Gasteiger partial charge in [0.25, 0.3) is 0 Å². The first-order chi connectivity index (χ1) is 7.22. The molecule has 1 aromatic carbocycles. The lowest BCUT2D eigenvalue weighted by molar-refractivity contribution is 0.311. The molecular weight excluding hydrogens is 284 g/mol. The molecule has 0 heterocycles. The van der Waals surface area contributed by atoms with E-state index in [9.17, 15) is 12.9 Å². The third-order valence-electron chi connectivity index (χ3n) is 2.38. The standard InChI is InChI=1S/C10H12BBrF3O/c1-6-4-9(16-5-11(13,14)15)7(2)8(3)10(6)12/h4H,5H2,1-3H3/q-1. The third-order valence-corrected chi connectivity index (χ3v) is 3.60. The second kappa shape index (κ2) is 4.69. The first-order valence-electron chi connectivity index (χ1n) is 4.82. The Labute approximate surface area is 101 Å². The summed E-state index contributed by atoms with van der Waals surface area (Å²) in [5, 5.41) is 0. The van der Waals surface area contributed by atoms with Gasteiger partial charge in [-0.1, -0.05) is 15.9 Å². The van der Waals surface area contributed by atoms with Crippen LogP contribution in [0, 0.1) is 20.8 Å². The molecule has 90 valence electrons. The molecule has 0 bridgehead atoms. The van der Waals surface area contributed by atoms with Crippen LogP contribution in [-0.4, -0.2) is 13.5 Å². The number of rotatable bonds is 3. The molecule has 0 spiro atoms. The van der Waals surface area contributed by atoms with Gasteiger partial charge in [0.15, 0.2) is 0 Å². The minimum absolute atomic E-state index is 0.303. The van der Waals surface area contributed by atoms with E-state index >= 15 is 0 Å². The Kier molecular flexibility index (Phi) is 3.94. The molecule has 1 aromatic rings. The van der Waals surface area contributed by atoms with Crippen LogP contribution in [0.25, 0.3) is 0 Å². The fraction of sp³-hybridized carbons (Fsp3) is 0.400. The van der Waals surface area contributed by atoms with Crippen LogP contribution >= 0.6 is 15.9 Å². The molecule has 0 radical (unpaired) electrons. The van der Waals surface area contributed by atoms with Crippen molar-refractivity contribution < 1.29 is 17.7 Å². The van der Waals surface area contributed by atoms with Crippen LogP contribution in [0.4, 0.5) is 12.9 Å². The summed E-state index contributed by atoms with van der Waals surface area (Å²) >= 11 is 3.38. The van der Waals surface area contributed by atoms with E-state index in [1.807, 2.05) is 13.8 Å². The molecule has 0 saturated heterocycles. The number of hydrogen-bond donors (Lipinski definition) is 0. The lowest BCUT2D eigenvalue weighted by Crippen LogP contribution is -2.26. The molecule has 6 heteroatoms. The summed E-state index contributed by atoms with van der Waals surface area (Å²) in [5.74, 6) is 0.303. The maximum absolute atomic E-state index is 12.1. The van der Waals surface area contributed by atoms with Gasteiger partial charge >= 0.3 is 6.98 Å². The van der Waals surface area contributed by atoms with Gasteiger partial charge in [-0.15, -0.1) is 0 Å². The first kappa shape index (κ1) is 13.4. The minimum atomic E-state index is -4.91. The molecule has 0 aromatic heterocycles. The topological polar surface area (TPSA) is 9.23 Å². The maximum Gasteiger partial charge on any atom is 0.515 e. The number of halogens is 4. The molecule has 1 rings (SSSR count). The molecule has 0 unspecified atom stereocenters. The second-order valence-corrected chi connectivity index (χ2v) is 4.57. The lowest BCUT2D eigenvalue weighted by atomic mass is 9.94. The van der Waals surface area contributed by atoms with E-state index in [1.54, 1.807) is 13.0 Å². The Morgan fingerprint density at radius 1 is 1.19 bits per heavy atom. The summed E-state index contributed by atoms with van der Waals surface area (Å²) in [7, 11) is 0. The van der Waals surface area contributed by atoms with Crippen molar-refractivity contribution in [2.24, 2.45) is 0 Å². The summed E-state index contributed by atoms with van der Waals surface area (Å²) < 4.78 is 42.0. The Morgan fingerprint density at radius 3 is 2.25 bits per heavy atom. The monoisotopic (exact) mass is 295 g/mol. The molecule has 0 aliphatic heterocycles. The van der Waals surface area contributed by atoms with Gasteiger partial charge in [0.2, 0.25) is 0 Å². The van der Waals surface area contributed by atoms with E-state index in [1.165, 1.54) is 0 Å². The van der Waals surface area contributed by atoms with Gasteiger partial charge in [0, 0.05) is 4.47 Å². The van der Waals surface area contributed by atoms with Crippen LogP contribution in [0.15, 0.2) is 10.5 Å². The third kappa shape index (κ3) is 3.17. The molecular formula is C10H12BBrF3O-. The zero-order chi connectivity index (χ0) is 12.5. The van der Waals surface area contributed by atoms with Gasteiger partial charge in [0.05, 0.1) is 6.51 Å².